The second-order valence-corrected chi connectivity index (χ2v) is 5.41. The molecule has 2 nitrogen and oxygen atoms in total. The molecule has 0 aromatic heterocycles. The van der Waals surface area contributed by atoms with E-state index < -0.39 is 0 Å². The summed E-state index contributed by atoms with van der Waals surface area (Å²) in [6, 6.07) is 0.517. The second kappa shape index (κ2) is 2.46. The summed E-state index contributed by atoms with van der Waals surface area (Å²) in [5.74, 6) is 1.59. The molecule has 2 N–H and O–H groups in total. The fourth-order valence-electron chi connectivity index (χ4n) is 2.47. The first-order valence-corrected chi connectivity index (χ1v) is 4.99. The maximum absolute atomic E-state index is 6.01. The monoisotopic (exact) mass is 168 g/mol. The van der Waals surface area contributed by atoms with Gasteiger partial charge in [0.25, 0.3) is 0 Å². The fourth-order valence-corrected chi connectivity index (χ4v) is 2.47. The Hall–Kier alpha value is -0.0800. The Bertz CT molecular complexity index is 171. The van der Waals surface area contributed by atoms with E-state index in [0.717, 1.165) is 11.8 Å². The lowest BCUT2D eigenvalue weighted by molar-refractivity contribution is -0.0404. The van der Waals surface area contributed by atoms with Crippen LogP contribution in [-0.4, -0.2) is 29.6 Å². The smallest absolute Gasteiger partial charge is 0.0125 e. The Morgan fingerprint density at radius 3 is 2.00 bits per heavy atom. The average Bonchev–Trinajstić information content (AvgIpc) is 2.02. The van der Waals surface area contributed by atoms with Crippen molar-refractivity contribution in [1.29, 1.82) is 0 Å². The van der Waals surface area contributed by atoms with Gasteiger partial charge in [-0.1, -0.05) is 0 Å². The van der Waals surface area contributed by atoms with Crippen LogP contribution in [0.15, 0.2) is 0 Å². The van der Waals surface area contributed by atoms with Crippen LogP contribution in [0.1, 0.15) is 27.2 Å². The predicted molar refractivity (Wildman–Crippen MR) is 50.9 cm³/mol. The van der Waals surface area contributed by atoms with Crippen LogP contribution in [0, 0.1) is 11.8 Å². The normalized spacial score (nSPS) is 42.5. The number of piperidine rings is 2. The van der Waals surface area contributed by atoms with Crippen molar-refractivity contribution in [2.24, 2.45) is 17.6 Å². The molecular weight excluding hydrogens is 148 g/mol. The lowest BCUT2D eigenvalue weighted by Gasteiger charge is -2.55. The van der Waals surface area contributed by atoms with Crippen molar-refractivity contribution < 1.29 is 0 Å². The maximum Gasteiger partial charge on any atom is 0.0125 e. The molecule has 3 fully saturated rings. The summed E-state index contributed by atoms with van der Waals surface area (Å²) in [4.78, 5) is 2.58. The number of nitrogens with two attached hydrogens (primary N) is 1. The molecule has 0 spiro atoms. The SMILES string of the molecule is CC(C)(C)N1C[C@H]2C[C@@H](C1)[C@H]2N. The van der Waals surface area contributed by atoms with Crippen LogP contribution in [0.3, 0.4) is 0 Å². The predicted octanol–water partition coefficient (Wildman–Crippen LogP) is 1.06. The second-order valence-electron chi connectivity index (χ2n) is 5.41. The first kappa shape index (κ1) is 8.52. The van der Waals surface area contributed by atoms with E-state index in [-0.39, 0.29) is 0 Å². The highest BCUT2D eigenvalue weighted by Gasteiger charge is 2.46. The molecule has 2 heterocycles. The van der Waals surface area contributed by atoms with Gasteiger partial charge in [-0.05, 0) is 39.0 Å². The van der Waals surface area contributed by atoms with E-state index in [1.807, 2.05) is 0 Å². The largest absolute Gasteiger partial charge is 0.327 e. The number of fused-ring (bicyclic) bond motifs is 2. The van der Waals surface area contributed by atoms with E-state index in [0.29, 0.717) is 11.6 Å². The minimum Gasteiger partial charge on any atom is -0.327 e. The van der Waals surface area contributed by atoms with Crippen molar-refractivity contribution in [3.63, 3.8) is 0 Å². The third-order valence-electron chi connectivity index (χ3n) is 3.55. The van der Waals surface area contributed by atoms with Crippen LogP contribution in [0.2, 0.25) is 0 Å². The van der Waals surface area contributed by atoms with Crippen LogP contribution in [0.4, 0.5) is 0 Å². The minimum absolute atomic E-state index is 0.344. The van der Waals surface area contributed by atoms with E-state index >= 15 is 0 Å². The zero-order valence-electron chi connectivity index (χ0n) is 8.38. The molecule has 0 aromatic rings. The Morgan fingerprint density at radius 2 is 1.67 bits per heavy atom. The van der Waals surface area contributed by atoms with Crippen molar-refractivity contribution in [2.45, 2.75) is 38.8 Å². The summed E-state index contributed by atoms with van der Waals surface area (Å²) in [6.07, 6.45) is 1.38. The summed E-state index contributed by atoms with van der Waals surface area (Å²) in [5, 5.41) is 0. The molecule has 0 radical (unpaired) electrons. The number of hydrogen-bond donors (Lipinski definition) is 1. The highest BCUT2D eigenvalue weighted by atomic mass is 15.2. The van der Waals surface area contributed by atoms with Gasteiger partial charge in [-0.15, -0.1) is 0 Å². The molecule has 3 aliphatic rings. The highest BCUT2D eigenvalue weighted by Crippen LogP contribution is 2.40. The Morgan fingerprint density at radius 1 is 1.17 bits per heavy atom. The van der Waals surface area contributed by atoms with Gasteiger partial charge in [0, 0.05) is 24.7 Å². The van der Waals surface area contributed by atoms with Gasteiger partial charge in [0.15, 0.2) is 0 Å². The van der Waals surface area contributed by atoms with Gasteiger partial charge in [0.2, 0.25) is 0 Å². The van der Waals surface area contributed by atoms with Crippen molar-refractivity contribution in [2.75, 3.05) is 13.1 Å². The number of nitrogens with zero attached hydrogens (tertiary/aromatic N) is 1. The Kier molecular flexibility index (Phi) is 1.74. The number of hydrogen-bond acceptors (Lipinski definition) is 2. The molecule has 70 valence electrons. The Balaban J connectivity index is 1.99. The molecule has 2 bridgehead atoms. The zero-order chi connectivity index (χ0) is 8.93. The molecule has 0 amide bonds. The van der Waals surface area contributed by atoms with Gasteiger partial charge in [-0.2, -0.15) is 0 Å². The van der Waals surface area contributed by atoms with E-state index in [2.05, 4.69) is 25.7 Å². The Labute approximate surface area is 75.1 Å². The molecule has 0 aromatic carbocycles. The molecule has 1 saturated carbocycles. The standard InChI is InChI=1S/C10H20N2/c1-10(2,3)12-5-7-4-8(6-12)9(7)11/h7-9H,4-6,11H2,1-3H3/t7-,8+,9+. The van der Waals surface area contributed by atoms with E-state index in [9.17, 15) is 0 Å². The lowest BCUT2D eigenvalue weighted by atomic mass is 9.66. The van der Waals surface area contributed by atoms with Crippen molar-refractivity contribution in [1.82, 2.24) is 4.90 Å². The van der Waals surface area contributed by atoms with Crippen LogP contribution in [-0.2, 0) is 0 Å². The average molecular weight is 168 g/mol. The molecule has 3 rings (SSSR count). The van der Waals surface area contributed by atoms with Gasteiger partial charge >= 0.3 is 0 Å². The third kappa shape index (κ3) is 1.17. The fraction of sp³-hybridized carbons (Fsp3) is 1.00. The van der Waals surface area contributed by atoms with E-state index in [1.165, 1.54) is 19.5 Å². The first-order chi connectivity index (χ1) is 5.48. The van der Waals surface area contributed by atoms with E-state index in [1.54, 1.807) is 0 Å². The quantitative estimate of drug-likeness (QED) is 0.586. The first-order valence-electron chi connectivity index (χ1n) is 4.99. The van der Waals surface area contributed by atoms with Crippen LogP contribution in [0.25, 0.3) is 0 Å². The summed E-state index contributed by atoms with van der Waals surface area (Å²) in [5.41, 5.74) is 6.35. The summed E-state index contributed by atoms with van der Waals surface area (Å²) in [6.45, 7) is 9.33. The molecule has 1 aliphatic carbocycles. The van der Waals surface area contributed by atoms with Crippen molar-refractivity contribution in [3.05, 3.63) is 0 Å². The van der Waals surface area contributed by atoms with Gasteiger partial charge < -0.3 is 5.73 Å². The summed E-state index contributed by atoms with van der Waals surface area (Å²) < 4.78 is 0. The van der Waals surface area contributed by atoms with Crippen molar-refractivity contribution in [3.8, 4) is 0 Å². The highest BCUT2D eigenvalue weighted by molar-refractivity contribution is 5.02. The van der Waals surface area contributed by atoms with Gasteiger partial charge in [-0.25, -0.2) is 0 Å². The molecule has 12 heavy (non-hydrogen) atoms. The zero-order valence-corrected chi connectivity index (χ0v) is 8.38. The van der Waals surface area contributed by atoms with Crippen molar-refractivity contribution >= 4 is 0 Å². The summed E-state index contributed by atoms with van der Waals surface area (Å²) in [7, 11) is 0. The van der Waals surface area contributed by atoms with Crippen LogP contribution >= 0.6 is 0 Å². The third-order valence-corrected chi connectivity index (χ3v) is 3.55. The molecule has 3 atom stereocenters. The van der Waals surface area contributed by atoms with Gasteiger partial charge in [-0.3, -0.25) is 4.90 Å². The molecule has 2 aliphatic heterocycles. The maximum atomic E-state index is 6.01. The number of rotatable bonds is 0. The minimum atomic E-state index is 0.344. The van der Waals surface area contributed by atoms with Crippen LogP contribution < -0.4 is 5.73 Å². The molecule has 0 unspecified atom stereocenters. The van der Waals surface area contributed by atoms with E-state index in [4.69, 9.17) is 5.73 Å². The lowest BCUT2D eigenvalue weighted by Crippen LogP contribution is -2.65. The molecule has 2 heteroatoms. The topological polar surface area (TPSA) is 29.3 Å². The van der Waals surface area contributed by atoms with Gasteiger partial charge in [0.1, 0.15) is 0 Å². The molecule has 2 saturated heterocycles. The molecular formula is C10H20N2. The van der Waals surface area contributed by atoms with Gasteiger partial charge in [0.05, 0.1) is 0 Å². The van der Waals surface area contributed by atoms with Crippen LogP contribution in [0.5, 0.6) is 0 Å². The summed E-state index contributed by atoms with van der Waals surface area (Å²) >= 11 is 0.